The highest BCUT2D eigenvalue weighted by molar-refractivity contribution is 7.99. The second-order valence-corrected chi connectivity index (χ2v) is 9.49. The smallest absolute Gasteiger partial charge is 0.236 e. The molecule has 186 valence electrons. The van der Waals surface area contributed by atoms with Gasteiger partial charge in [0.1, 0.15) is 5.75 Å². The van der Waals surface area contributed by atoms with Crippen LogP contribution in [0.5, 0.6) is 5.75 Å². The van der Waals surface area contributed by atoms with E-state index in [4.69, 9.17) is 4.74 Å². The predicted molar refractivity (Wildman–Crippen MR) is 141 cm³/mol. The number of ether oxygens (including phenoxy) is 1. The van der Waals surface area contributed by atoms with Gasteiger partial charge in [0.25, 0.3) is 0 Å². The van der Waals surface area contributed by atoms with Crippen molar-refractivity contribution in [3.05, 3.63) is 71.4 Å². The Morgan fingerprint density at radius 3 is 2.56 bits per heavy atom. The van der Waals surface area contributed by atoms with E-state index >= 15 is 0 Å². The molecule has 0 aliphatic carbocycles. The molecule has 2 aromatic carbocycles. The minimum atomic E-state index is -0.172. The standard InChI is InChI=1S/C25H26N6O3S2/c1-3-31-21(14-26-22(32)13-17-9-11-19(34-2)12-10-17)29-30-25(31)36-16-23(33)28-24-27-20(15-35-24)18-7-5-4-6-8-18/h4-12,15H,3,13-14,16H2,1-2H3,(H,26,32)(H,27,28,33). The van der Waals surface area contributed by atoms with E-state index < -0.39 is 0 Å². The van der Waals surface area contributed by atoms with Gasteiger partial charge in [-0.2, -0.15) is 0 Å². The number of hydrogen-bond acceptors (Lipinski definition) is 8. The van der Waals surface area contributed by atoms with Crippen LogP contribution in [0.3, 0.4) is 0 Å². The van der Waals surface area contributed by atoms with Crippen LogP contribution < -0.4 is 15.4 Å². The minimum absolute atomic E-state index is 0.113. The van der Waals surface area contributed by atoms with E-state index in [1.165, 1.54) is 23.1 Å². The molecule has 2 amide bonds. The molecule has 0 unspecified atom stereocenters. The zero-order valence-electron chi connectivity index (χ0n) is 19.9. The van der Waals surface area contributed by atoms with Gasteiger partial charge < -0.3 is 19.9 Å². The number of hydrogen-bond donors (Lipinski definition) is 2. The third-order valence-corrected chi connectivity index (χ3v) is 6.95. The number of nitrogens with zero attached hydrogens (tertiary/aromatic N) is 4. The fraction of sp³-hybridized carbons (Fsp3) is 0.240. The van der Waals surface area contributed by atoms with Gasteiger partial charge in [0, 0.05) is 17.5 Å². The van der Waals surface area contributed by atoms with Gasteiger partial charge in [0.2, 0.25) is 11.8 Å². The summed E-state index contributed by atoms with van der Waals surface area (Å²) in [5.74, 6) is 1.27. The van der Waals surface area contributed by atoms with E-state index in [-0.39, 0.29) is 30.5 Å². The topological polar surface area (TPSA) is 111 Å². The largest absolute Gasteiger partial charge is 0.497 e. The van der Waals surface area contributed by atoms with Gasteiger partial charge in [-0.05, 0) is 24.6 Å². The van der Waals surface area contributed by atoms with E-state index in [1.54, 1.807) is 7.11 Å². The van der Waals surface area contributed by atoms with Crippen LogP contribution in [0, 0.1) is 0 Å². The third kappa shape index (κ3) is 6.70. The predicted octanol–water partition coefficient (Wildman–Crippen LogP) is 4.02. The number of amides is 2. The van der Waals surface area contributed by atoms with Gasteiger partial charge in [-0.3, -0.25) is 9.59 Å². The van der Waals surface area contributed by atoms with Crippen LogP contribution in [0.1, 0.15) is 18.3 Å². The lowest BCUT2D eigenvalue weighted by molar-refractivity contribution is -0.120. The van der Waals surface area contributed by atoms with Crippen molar-refractivity contribution < 1.29 is 14.3 Å². The SMILES string of the molecule is CCn1c(CNC(=O)Cc2ccc(OC)cc2)nnc1SCC(=O)Nc1nc(-c2ccccc2)cs1. The maximum absolute atomic E-state index is 12.5. The Hall–Kier alpha value is -3.70. The molecule has 4 aromatic rings. The Kier molecular flexibility index (Phi) is 8.69. The number of benzene rings is 2. The highest BCUT2D eigenvalue weighted by Crippen LogP contribution is 2.25. The average Bonchev–Trinajstić information content (AvgIpc) is 3.53. The van der Waals surface area contributed by atoms with Gasteiger partial charge in [0.05, 0.1) is 31.5 Å². The molecule has 36 heavy (non-hydrogen) atoms. The molecule has 0 radical (unpaired) electrons. The summed E-state index contributed by atoms with van der Waals surface area (Å²) in [6, 6.07) is 17.2. The fourth-order valence-corrected chi connectivity index (χ4v) is 4.96. The van der Waals surface area contributed by atoms with Crippen LogP contribution in [0.25, 0.3) is 11.3 Å². The van der Waals surface area contributed by atoms with Crippen molar-refractivity contribution in [2.45, 2.75) is 31.6 Å². The van der Waals surface area contributed by atoms with Crippen molar-refractivity contribution >= 4 is 40.0 Å². The van der Waals surface area contributed by atoms with Crippen LogP contribution in [0.2, 0.25) is 0 Å². The van der Waals surface area contributed by atoms with Crippen molar-refractivity contribution in [3.63, 3.8) is 0 Å². The molecule has 0 atom stereocenters. The molecule has 4 rings (SSSR count). The molecule has 0 aliphatic heterocycles. The highest BCUT2D eigenvalue weighted by Gasteiger charge is 2.15. The lowest BCUT2D eigenvalue weighted by atomic mass is 10.1. The number of aromatic nitrogens is 4. The molecule has 0 bridgehead atoms. The Labute approximate surface area is 217 Å². The van der Waals surface area contributed by atoms with Crippen molar-refractivity contribution in [2.24, 2.45) is 0 Å². The summed E-state index contributed by atoms with van der Waals surface area (Å²) in [5, 5.41) is 17.2. The lowest BCUT2D eigenvalue weighted by Gasteiger charge is -2.09. The second-order valence-electron chi connectivity index (χ2n) is 7.69. The van der Waals surface area contributed by atoms with Crippen LogP contribution >= 0.6 is 23.1 Å². The number of anilines is 1. The quantitative estimate of drug-likeness (QED) is 0.286. The summed E-state index contributed by atoms with van der Waals surface area (Å²) in [6.07, 6.45) is 0.259. The maximum atomic E-state index is 12.5. The van der Waals surface area contributed by atoms with Gasteiger partial charge in [-0.15, -0.1) is 21.5 Å². The summed E-state index contributed by atoms with van der Waals surface area (Å²) in [4.78, 5) is 29.3. The molecule has 0 spiro atoms. The summed E-state index contributed by atoms with van der Waals surface area (Å²) < 4.78 is 7.03. The van der Waals surface area contributed by atoms with Gasteiger partial charge in [-0.25, -0.2) is 4.98 Å². The Morgan fingerprint density at radius 2 is 1.83 bits per heavy atom. The first-order chi connectivity index (χ1) is 17.6. The van der Waals surface area contributed by atoms with Crippen LogP contribution in [-0.4, -0.2) is 44.4 Å². The van der Waals surface area contributed by atoms with Crippen molar-refractivity contribution in [1.29, 1.82) is 0 Å². The van der Waals surface area contributed by atoms with E-state index in [0.29, 0.717) is 22.7 Å². The van der Waals surface area contributed by atoms with Crippen molar-refractivity contribution in [3.8, 4) is 17.0 Å². The normalized spacial score (nSPS) is 10.7. The molecular weight excluding hydrogens is 496 g/mol. The van der Waals surface area contributed by atoms with Gasteiger partial charge in [0.15, 0.2) is 16.1 Å². The minimum Gasteiger partial charge on any atom is -0.497 e. The first kappa shape index (κ1) is 25.4. The molecule has 9 nitrogen and oxygen atoms in total. The molecule has 0 fully saturated rings. The van der Waals surface area contributed by atoms with Gasteiger partial charge in [-0.1, -0.05) is 54.2 Å². The zero-order chi connectivity index (χ0) is 25.3. The van der Waals surface area contributed by atoms with E-state index in [9.17, 15) is 9.59 Å². The van der Waals surface area contributed by atoms with Gasteiger partial charge >= 0.3 is 0 Å². The Morgan fingerprint density at radius 1 is 1.06 bits per heavy atom. The second kappa shape index (κ2) is 12.3. The maximum Gasteiger partial charge on any atom is 0.236 e. The number of carbonyl (C=O) groups is 2. The van der Waals surface area contributed by atoms with Crippen molar-refractivity contribution in [1.82, 2.24) is 25.1 Å². The van der Waals surface area contributed by atoms with Crippen molar-refractivity contribution in [2.75, 3.05) is 18.2 Å². The van der Waals surface area contributed by atoms with Crippen LogP contribution in [-0.2, 0) is 29.1 Å². The van der Waals surface area contributed by atoms with E-state index in [2.05, 4.69) is 25.8 Å². The zero-order valence-corrected chi connectivity index (χ0v) is 21.6. The molecule has 0 saturated heterocycles. The lowest BCUT2D eigenvalue weighted by Crippen LogP contribution is -2.26. The summed E-state index contributed by atoms with van der Waals surface area (Å²) in [6.45, 7) is 2.84. The number of thiazole rings is 1. The molecule has 2 aromatic heterocycles. The molecule has 11 heteroatoms. The third-order valence-electron chi connectivity index (χ3n) is 5.23. The monoisotopic (exact) mass is 522 g/mol. The molecular formula is C25H26N6O3S2. The molecule has 2 N–H and O–H groups in total. The number of thioether (sulfide) groups is 1. The molecule has 0 saturated carbocycles. The van der Waals surface area contributed by atoms with Crippen LogP contribution in [0.15, 0.2) is 65.1 Å². The fourth-order valence-electron chi connectivity index (χ4n) is 3.40. The number of methoxy groups -OCH3 is 1. The highest BCUT2D eigenvalue weighted by atomic mass is 32.2. The van der Waals surface area contributed by atoms with E-state index in [1.807, 2.05) is 71.5 Å². The first-order valence-corrected chi connectivity index (χ1v) is 13.2. The number of nitrogens with one attached hydrogen (secondary N) is 2. The number of rotatable bonds is 11. The van der Waals surface area contributed by atoms with Crippen LogP contribution in [0.4, 0.5) is 5.13 Å². The molecule has 2 heterocycles. The Balaban J connectivity index is 1.27. The summed E-state index contributed by atoms with van der Waals surface area (Å²) in [7, 11) is 1.60. The Bertz CT molecular complexity index is 1310. The molecule has 0 aliphatic rings. The summed E-state index contributed by atoms with van der Waals surface area (Å²) in [5.41, 5.74) is 2.72. The van der Waals surface area contributed by atoms with E-state index in [0.717, 1.165) is 22.6 Å². The number of carbonyl (C=O) groups excluding carboxylic acids is 2. The average molecular weight is 523 g/mol. The summed E-state index contributed by atoms with van der Waals surface area (Å²) >= 11 is 2.68. The first-order valence-electron chi connectivity index (χ1n) is 11.3.